The fourth-order valence-corrected chi connectivity index (χ4v) is 4.82. The molecule has 0 atom stereocenters. The van der Waals surface area contributed by atoms with Crippen molar-refractivity contribution in [1.82, 2.24) is 0 Å². The van der Waals surface area contributed by atoms with Gasteiger partial charge < -0.3 is 0 Å². The molecule has 0 unspecified atom stereocenters. The molecule has 1 aromatic rings. The van der Waals surface area contributed by atoms with Crippen LogP contribution in [-0.4, -0.2) is 0 Å². The molecule has 0 radical (unpaired) electrons. The van der Waals surface area contributed by atoms with Crippen LogP contribution in [0.4, 0.5) is 0 Å². The Morgan fingerprint density at radius 1 is 0.760 bits per heavy atom. The summed E-state index contributed by atoms with van der Waals surface area (Å²) in [5.74, 6) is 2.56. The number of unbranched alkanes of at least 4 members (excludes halogenated alkanes) is 2. The third-order valence-corrected chi connectivity index (χ3v) is 6.60. The Morgan fingerprint density at radius 2 is 1.40 bits per heavy atom. The molecule has 0 nitrogen and oxygen atoms in total. The fourth-order valence-electron chi connectivity index (χ4n) is 4.82. The zero-order valence-electron chi connectivity index (χ0n) is 16.4. The van der Waals surface area contributed by atoms with Gasteiger partial charge in [0.05, 0.1) is 0 Å². The van der Waals surface area contributed by atoms with E-state index in [0.29, 0.717) is 0 Å². The molecule has 2 aliphatic rings. The van der Waals surface area contributed by atoms with Gasteiger partial charge in [-0.2, -0.15) is 0 Å². The number of hydrogen-bond donors (Lipinski definition) is 0. The molecule has 25 heavy (non-hydrogen) atoms. The highest BCUT2D eigenvalue weighted by Crippen LogP contribution is 2.37. The first kappa shape index (κ1) is 18.7. The van der Waals surface area contributed by atoms with Crippen LogP contribution in [0.2, 0.25) is 0 Å². The molecule has 2 aliphatic carbocycles. The average molecular weight is 339 g/mol. The fraction of sp³-hybridized carbons (Fsp3) is 0.680. The number of aryl methyl sites for hydroxylation is 1. The third-order valence-electron chi connectivity index (χ3n) is 6.60. The van der Waals surface area contributed by atoms with Crippen molar-refractivity contribution in [2.45, 2.75) is 96.3 Å². The molecule has 2 saturated carbocycles. The Balaban J connectivity index is 1.43. The lowest BCUT2D eigenvalue weighted by molar-refractivity contribution is 0.370. The highest BCUT2D eigenvalue weighted by molar-refractivity contribution is 5.26. The zero-order chi connectivity index (χ0) is 17.3. The van der Waals surface area contributed by atoms with Crippen molar-refractivity contribution >= 4 is 0 Å². The van der Waals surface area contributed by atoms with E-state index in [1.54, 1.807) is 5.56 Å². The Morgan fingerprint density at radius 3 is 2.04 bits per heavy atom. The Labute approximate surface area is 156 Å². The van der Waals surface area contributed by atoms with Crippen LogP contribution in [0.1, 0.15) is 101 Å². The van der Waals surface area contributed by atoms with Crippen LogP contribution in [0.15, 0.2) is 36.4 Å². The predicted octanol–water partition coefficient (Wildman–Crippen LogP) is 7.83. The first-order valence-electron chi connectivity index (χ1n) is 11.1. The monoisotopic (exact) mass is 338 g/mol. The van der Waals surface area contributed by atoms with Crippen LogP contribution >= 0.6 is 0 Å². The second-order valence-corrected chi connectivity index (χ2v) is 8.59. The lowest BCUT2D eigenvalue weighted by Gasteiger charge is -2.28. The minimum absolute atomic E-state index is 0.809. The third kappa shape index (κ3) is 6.01. The SMILES string of the molecule is CCCCCc1ccc([C@H]2CC[C@H](C=CC3CCCCC3)CC2)cc1. The second-order valence-electron chi connectivity index (χ2n) is 8.59. The molecular weight excluding hydrogens is 300 g/mol. The normalized spacial score (nSPS) is 25.5. The van der Waals surface area contributed by atoms with Gasteiger partial charge in [-0.05, 0) is 80.2 Å². The van der Waals surface area contributed by atoms with E-state index >= 15 is 0 Å². The summed E-state index contributed by atoms with van der Waals surface area (Å²) < 4.78 is 0. The quantitative estimate of drug-likeness (QED) is 0.351. The molecule has 3 rings (SSSR count). The molecule has 0 saturated heterocycles. The number of benzene rings is 1. The van der Waals surface area contributed by atoms with Gasteiger partial charge in [-0.1, -0.05) is 75.4 Å². The molecule has 0 spiro atoms. The van der Waals surface area contributed by atoms with Crippen molar-refractivity contribution in [3.05, 3.63) is 47.5 Å². The first-order chi connectivity index (χ1) is 12.3. The van der Waals surface area contributed by atoms with Crippen LogP contribution in [0.5, 0.6) is 0 Å². The van der Waals surface area contributed by atoms with Crippen LogP contribution < -0.4 is 0 Å². The van der Waals surface area contributed by atoms with Crippen LogP contribution in [0, 0.1) is 11.8 Å². The number of allylic oxidation sites excluding steroid dienone is 2. The molecule has 0 heterocycles. The van der Waals surface area contributed by atoms with Gasteiger partial charge in [0.2, 0.25) is 0 Å². The van der Waals surface area contributed by atoms with Gasteiger partial charge in [0.15, 0.2) is 0 Å². The van der Waals surface area contributed by atoms with E-state index in [1.165, 1.54) is 89.0 Å². The van der Waals surface area contributed by atoms with Crippen molar-refractivity contribution in [2.24, 2.45) is 11.8 Å². The molecule has 0 heteroatoms. The first-order valence-corrected chi connectivity index (χ1v) is 11.1. The summed E-state index contributed by atoms with van der Waals surface area (Å²) in [5.41, 5.74) is 3.12. The van der Waals surface area contributed by atoms with Gasteiger partial charge >= 0.3 is 0 Å². The van der Waals surface area contributed by atoms with E-state index in [4.69, 9.17) is 0 Å². The highest BCUT2D eigenvalue weighted by atomic mass is 14.3. The summed E-state index contributed by atoms with van der Waals surface area (Å²) in [6.07, 6.45) is 23.3. The minimum atomic E-state index is 0.809. The molecular formula is C25H38. The van der Waals surface area contributed by atoms with Crippen LogP contribution in [0.25, 0.3) is 0 Å². The van der Waals surface area contributed by atoms with Crippen molar-refractivity contribution in [3.63, 3.8) is 0 Å². The van der Waals surface area contributed by atoms with Crippen molar-refractivity contribution in [1.29, 1.82) is 0 Å². The number of rotatable bonds is 7. The van der Waals surface area contributed by atoms with Gasteiger partial charge in [-0.15, -0.1) is 0 Å². The standard InChI is InChI=1S/C25H38/c1-2-3-5-8-22-13-17-24(18-14-22)25-19-15-23(16-20-25)12-11-21-9-6-4-7-10-21/h11-14,17-18,21,23,25H,2-10,15-16,19-20H2,1H3/t23-,25-. The van der Waals surface area contributed by atoms with Gasteiger partial charge in [-0.3, -0.25) is 0 Å². The lowest BCUT2D eigenvalue weighted by atomic mass is 9.78. The summed E-state index contributed by atoms with van der Waals surface area (Å²) in [6.45, 7) is 2.28. The van der Waals surface area contributed by atoms with Gasteiger partial charge in [-0.25, -0.2) is 0 Å². The zero-order valence-corrected chi connectivity index (χ0v) is 16.4. The van der Waals surface area contributed by atoms with E-state index in [2.05, 4.69) is 43.3 Å². The average Bonchev–Trinajstić information content (AvgIpc) is 2.68. The van der Waals surface area contributed by atoms with Crippen molar-refractivity contribution in [2.75, 3.05) is 0 Å². The summed E-state index contributed by atoms with van der Waals surface area (Å²) in [7, 11) is 0. The second kappa shape index (κ2) is 10.2. The van der Waals surface area contributed by atoms with Gasteiger partial charge in [0.25, 0.3) is 0 Å². The van der Waals surface area contributed by atoms with Crippen molar-refractivity contribution in [3.8, 4) is 0 Å². The maximum atomic E-state index is 2.59. The lowest BCUT2D eigenvalue weighted by Crippen LogP contribution is -2.12. The largest absolute Gasteiger partial charge is 0.0851 e. The Bertz CT molecular complexity index is 495. The topological polar surface area (TPSA) is 0 Å². The molecule has 0 aliphatic heterocycles. The molecule has 0 amide bonds. The smallest absolute Gasteiger partial charge is 0.0162 e. The predicted molar refractivity (Wildman–Crippen MR) is 110 cm³/mol. The summed E-state index contributed by atoms with van der Waals surface area (Å²) in [6, 6.07) is 9.62. The summed E-state index contributed by atoms with van der Waals surface area (Å²) >= 11 is 0. The molecule has 0 N–H and O–H groups in total. The van der Waals surface area contributed by atoms with Gasteiger partial charge in [0.1, 0.15) is 0 Å². The van der Waals surface area contributed by atoms with Crippen molar-refractivity contribution < 1.29 is 0 Å². The molecule has 138 valence electrons. The number of hydrogen-bond acceptors (Lipinski definition) is 0. The Hall–Kier alpha value is -1.04. The van der Waals surface area contributed by atoms with Gasteiger partial charge in [0, 0.05) is 0 Å². The molecule has 2 fully saturated rings. The highest BCUT2D eigenvalue weighted by Gasteiger charge is 2.21. The summed E-state index contributed by atoms with van der Waals surface area (Å²) in [5, 5.41) is 0. The minimum Gasteiger partial charge on any atom is -0.0851 e. The molecule has 1 aromatic carbocycles. The van der Waals surface area contributed by atoms with E-state index < -0.39 is 0 Å². The molecule has 0 aromatic heterocycles. The van der Waals surface area contributed by atoms with E-state index in [0.717, 1.165) is 17.8 Å². The maximum absolute atomic E-state index is 2.59. The van der Waals surface area contributed by atoms with E-state index in [9.17, 15) is 0 Å². The van der Waals surface area contributed by atoms with E-state index in [1.807, 2.05) is 0 Å². The Kier molecular flexibility index (Phi) is 7.64. The van der Waals surface area contributed by atoms with Crippen LogP contribution in [0.3, 0.4) is 0 Å². The summed E-state index contributed by atoms with van der Waals surface area (Å²) in [4.78, 5) is 0. The van der Waals surface area contributed by atoms with Crippen LogP contribution in [-0.2, 0) is 6.42 Å². The maximum Gasteiger partial charge on any atom is -0.0162 e. The van der Waals surface area contributed by atoms with E-state index in [-0.39, 0.29) is 0 Å². The molecule has 0 bridgehead atoms.